The van der Waals surface area contributed by atoms with Crippen LogP contribution in [-0.4, -0.2) is 68.3 Å². The summed E-state index contributed by atoms with van der Waals surface area (Å²) in [7, 11) is 1.68. The molecule has 0 aliphatic carbocycles. The second-order valence-corrected chi connectivity index (χ2v) is 14.5. The van der Waals surface area contributed by atoms with E-state index in [1.807, 2.05) is 12.1 Å². The predicted octanol–water partition coefficient (Wildman–Crippen LogP) is 7.79. The minimum atomic E-state index is -0.135. The van der Waals surface area contributed by atoms with Crippen molar-refractivity contribution < 1.29 is 33.2 Å². The van der Waals surface area contributed by atoms with Crippen molar-refractivity contribution in [2.24, 2.45) is 17.8 Å². The average molecular weight is 639 g/mol. The van der Waals surface area contributed by atoms with Crippen molar-refractivity contribution in [3.63, 3.8) is 0 Å². The summed E-state index contributed by atoms with van der Waals surface area (Å²) in [5, 5.41) is 0. The zero-order chi connectivity index (χ0) is 32.8. The van der Waals surface area contributed by atoms with Gasteiger partial charge in [-0.2, -0.15) is 0 Å². The van der Waals surface area contributed by atoms with Gasteiger partial charge in [0, 0.05) is 18.8 Å². The van der Waals surface area contributed by atoms with Gasteiger partial charge in [-0.15, -0.1) is 0 Å². The van der Waals surface area contributed by atoms with Crippen molar-refractivity contribution in [2.75, 3.05) is 7.11 Å². The van der Waals surface area contributed by atoms with Crippen LogP contribution in [0, 0.1) is 17.8 Å². The Kier molecular flexibility index (Phi) is 12.6. The fourth-order valence-corrected chi connectivity index (χ4v) is 8.18. The summed E-state index contributed by atoms with van der Waals surface area (Å²) in [5.41, 5.74) is 3.39. The van der Waals surface area contributed by atoms with Crippen molar-refractivity contribution in [2.45, 2.75) is 153 Å². The molecule has 12 atom stereocenters. The van der Waals surface area contributed by atoms with Crippen molar-refractivity contribution >= 4 is 6.29 Å². The van der Waals surface area contributed by atoms with E-state index in [4.69, 9.17) is 28.4 Å². The first kappa shape index (κ1) is 35.3. The normalized spacial score (nSPS) is 38.0. The van der Waals surface area contributed by atoms with Gasteiger partial charge in [0.05, 0.1) is 68.7 Å². The minimum absolute atomic E-state index is 0.0156. The number of ether oxygens (including phenoxy) is 6. The monoisotopic (exact) mass is 638 g/mol. The highest BCUT2D eigenvalue weighted by Crippen LogP contribution is 2.43. The lowest BCUT2D eigenvalue weighted by atomic mass is 9.78. The molecule has 4 heterocycles. The number of benzene rings is 1. The third kappa shape index (κ3) is 8.51. The highest BCUT2D eigenvalue weighted by Gasteiger charge is 2.50. The molecule has 4 unspecified atom stereocenters. The Morgan fingerprint density at radius 1 is 0.891 bits per heavy atom. The molecule has 4 aliphatic rings. The summed E-state index contributed by atoms with van der Waals surface area (Å²) in [4.78, 5) is 10.8. The maximum atomic E-state index is 10.8. The molecule has 1 aromatic rings. The number of hydrogen-bond acceptors (Lipinski definition) is 7. The van der Waals surface area contributed by atoms with Gasteiger partial charge in [-0.25, -0.2) is 0 Å². The summed E-state index contributed by atoms with van der Waals surface area (Å²) in [6, 6.07) is 8.08. The lowest BCUT2D eigenvalue weighted by Crippen LogP contribution is -2.59. The van der Waals surface area contributed by atoms with Crippen LogP contribution in [0.5, 0.6) is 5.75 Å². The van der Waals surface area contributed by atoms with E-state index in [-0.39, 0.29) is 60.9 Å². The Hall–Kier alpha value is -2.03. The van der Waals surface area contributed by atoms with E-state index in [9.17, 15) is 4.79 Å². The first-order valence-corrected chi connectivity index (χ1v) is 17.9. The van der Waals surface area contributed by atoms with E-state index in [0.29, 0.717) is 31.3 Å². The van der Waals surface area contributed by atoms with Gasteiger partial charge in [-0.05, 0) is 85.6 Å². The number of methoxy groups -OCH3 is 1. The van der Waals surface area contributed by atoms with Gasteiger partial charge in [0.15, 0.2) is 0 Å². The molecule has 7 heteroatoms. The van der Waals surface area contributed by atoms with Gasteiger partial charge >= 0.3 is 0 Å². The van der Waals surface area contributed by atoms with Crippen molar-refractivity contribution in [3.05, 3.63) is 54.1 Å². The summed E-state index contributed by atoms with van der Waals surface area (Å²) >= 11 is 0. The summed E-state index contributed by atoms with van der Waals surface area (Å²) in [6.07, 6.45) is 10.0. The quantitative estimate of drug-likeness (QED) is 0.152. The first-order valence-electron chi connectivity index (χ1n) is 17.9. The molecule has 0 aromatic heterocycles. The molecule has 1 aromatic carbocycles. The van der Waals surface area contributed by atoms with Gasteiger partial charge in [0.25, 0.3) is 0 Å². The summed E-state index contributed by atoms with van der Waals surface area (Å²) in [5.74, 6) is 1.83. The van der Waals surface area contributed by atoms with Crippen LogP contribution in [0.2, 0.25) is 0 Å². The standard InChI is InChI=1S/C39H58O7/c1-8-10-33-26(4)21-36-39(46-33)28(6)38(42-23-29-12-14-30(41-7)15-13-29)37(45-36)22-35-27(5)24(2)19-32(44-35)16-17-34-25(3)20-31(43-34)11-9-18-40/h12-15,18,24,26,28,31-39H,3,5,8-11,16-17,19-23H2,1-2,4,6-7H3/t24-,26-,28-,31+,32?,33-,34?,35-,36?,37?,38-,39+/m1/s1. The van der Waals surface area contributed by atoms with Crippen LogP contribution in [0.1, 0.15) is 97.5 Å². The molecule has 7 nitrogen and oxygen atoms in total. The molecule has 0 amide bonds. The molecule has 0 bridgehead atoms. The SMILES string of the molecule is C=C1C[C@H](CCC=O)OC1CCC1C[C@@H](C)C(=C)[C@@H](CC2OC3C[C@@H](C)[C@@H](CCC)O[C@H]3[C@H](C)[C@H]2OCc2ccc(OC)cc2)O1. The molecule has 4 fully saturated rings. The van der Waals surface area contributed by atoms with E-state index in [1.54, 1.807) is 7.11 Å². The van der Waals surface area contributed by atoms with E-state index >= 15 is 0 Å². The second-order valence-electron chi connectivity index (χ2n) is 14.5. The predicted molar refractivity (Wildman–Crippen MR) is 180 cm³/mol. The van der Waals surface area contributed by atoms with Crippen LogP contribution in [0.3, 0.4) is 0 Å². The minimum Gasteiger partial charge on any atom is -0.497 e. The topological polar surface area (TPSA) is 72.5 Å². The molecular formula is C39H58O7. The molecule has 256 valence electrons. The largest absolute Gasteiger partial charge is 0.497 e. The van der Waals surface area contributed by atoms with Crippen LogP contribution >= 0.6 is 0 Å². The Labute approximate surface area is 277 Å². The van der Waals surface area contributed by atoms with Crippen molar-refractivity contribution in [1.29, 1.82) is 0 Å². The molecule has 4 aliphatic heterocycles. The van der Waals surface area contributed by atoms with E-state index in [1.165, 1.54) is 0 Å². The molecule has 0 N–H and O–H groups in total. The van der Waals surface area contributed by atoms with E-state index < -0.39 is 0 Å². The summed E-state index contributed by atoms with van der Waals surface area (Å²) in [6.45, 7) is 18.4. The van der Waals surface area contributed by atoms with Crippen molar-refractivity contribution in [3.8, 4) is 5.75 Å². The Morgan fingerprint density at radius 3 is 2.37 bits per heavy atom. The van der Waals surface area contributed by atoms with E-state index in [2.05, 4.69) is 53.0 Å². The smallest absolute Gasteiger partial charge is 0.120 e. The number of hydrogen-bond donors (Lipinski definition) is 0. The second kappa shape index (κ2) is 16.4. The molecule has 0 saturated carbocycles. The first-order chi connectivity index (χ1) is 22.2. The number of carbonyl (C=O) groups excluding carboxylic acids is 1. The van der Waals surface area contributed by atoms with Crippen LogP contribution in [0.4, 0.5) is 0 Å². The van der Waals surface area contributed by atoms with Gasteiger partial charge < -0.3 is 33.2 Å². The molecular weight excluding hydrogens is 580 g/mol. The molecule has 5 rings (SSSR count). The Morgan fingerprint density at radius 2 is 1.65 bits per heavy atom. The third-order valence-electron chi connectivity index (χ3n) is 11.0. The van der Waals surface area contributed by atoms with Gasteiger partial charge in [0.2, 0.25) is 0 Å². The molecule has 0 radical (unpaired) electrons. The third-order valence-corrected chi connectivity index (χ3v) is 11.0. The fraction of sp³-hybridized carbons (Fsp3) is 0.718. The van der Waals surface area contributed by atoms with Crippen LogP contribution in [0.25, 0.3) is 0 Å². The lowest BCUT2D eigenvalue weighted by Gasteiger charge is -2.51. The maximum absolute atomic E-state index is 10.8. The van der Waals surface area contributed by atoms with E-state index in [0.717, 1.165) is 80.1 Å². The zero-order valence-electron chi connectivity index (χ0n) is 28.9. The molecule has 46 heavy (non-hydrogen) atoms. The summed E-state index contributed by atoms with van der Waals surface area (Å²) < 4.78 is 38.9. The van der Waals surface area contributed by atoms with Gasteiger partial charge in [-0.3, -0.25) is 0 Å². The van der Waals surface area contributed by atoms with Gasteiger partial charge in [-0.1, -0.05) is 59.4 Å². The number of aldehydes is 1. The average Bonchev–Trinajstić information content (AvgIpc) is 3.41. The Bertz CT molecular complexity index is 1150. The van der Waals surface area contributed by atoms with Crippen LogP contribution < -0.4 is 4.74 Å². The van der Waals surface area contributed by atoms with Gasteiger partial charge in [0.1, 0.15) is 12.0 Å². The fourth-order valence-electron chi connectivity index (χ4n) is 8.18. The maximum Gasteiger partial charge on any atom is 0.120 e. The van der Waals surface area contributed by atoms with Crippen molar-refractivity contribution in [1.82, 2.24) is 0 Å². The van der Waals surface area contributed by atoms with Crippen LogP contribution in [-0.2, 0) is 35.1 Å². The molecule has 0 spiro atoms. The zero-order valence-corrected chi connectivity index (χ0v) is 28.9. The number of rotatable bonds is 14. The molecule has 4 saturated heterocycles. The lowest BCUT2D eigenvalue weighted by molar-refractivity contribution is -0.269. The number of carbonyl (C=O) groups is 1. The Balaban J connectivity index is 1.26. The highest BCUT2D eigenvalue weighted by atomic mass is 16.6. The van der Waals surface area contributed by atoms with Crippen LogP contribution in [0.15, 0.2) is 48.6 Å². The number of fused-ring (bicyclic) bond motifs is 1. The highest BCUT2D eigenvalue weighted by molar-refractivity contribution is 5.49.